The second-order valence-corrected chi connectivity index (χ2v) is 3.57. The molecule has 2 aromatic rings. The highest BCUT2D eigenvalue weighted by atomic mass is 16.6. The number of benzene rings is 1. The first-order chi connectivity index (χ1) is 7.68. The first kappa shape index (κ1) is 10.5. The number of furan rings is 1. The fourth-order valence-electron chi connectivity index (χ4n) is 1.44. The first-order valence-electron chi connectivity index (χ1n) is 5.00. The summed E-state index contributed by atoms with van der Waals surface area (Å²) in [4.78, 5) is 11.8. The molecule has 0 atom stereocenters. The van der Waals surface area contributed by atoms with Gasteiger partial charge in [-0.2, -0.15) is 0 Å². The Hall–Kier alpha value is -2.03. The molecule has 0 bridgehead atoms. The summed E-state index contributed by atoms with van der Waals surface area (Å²) in [6.45, 7) is 3.85. The molecule has 0 saturated carbocycles. The molecule has 0 fully saturated rings. The van der Waals surface area contributed by atoms with Crippen LogP contribution >= 0.6 is 0 Å². The third-order valence-electron chi connectivity index (χ3n) is 2.51. The quantitative estimate of drug-likeness (QED) is 0.724. The van der Waals surface area contributed by atoms with Gasteiger partial charge in [0.1, 0.15) is 0 Å². The summed E-state index contributed by atoms with van der Waals surface area (Å²) in [5.74, 6) is -0.179. The van der Waals surface area contributed by atoms with Crippen molar-refractivity contribution in [1.82, 2.24) is 0 Å². The van der Waals surface area contributed by atoms with Gasteiger partial charge < -0.3 is 9.15 Å². The molecule has 0 radical (unpaired) electrons. The predicted octanol–water partition coefficient (Wildman–Crippen LogP) is 3.12. The van der Waals surface area contributed by atoms with Crippen molar-refractivity contribution in [1.29, 1.82) is 0 Å². The Balaban J connectivity index is 2.24. The smallest absolute Gasteiger partial charge is 0.346 e. The molecule has 0 aliphatic heterocycles. The molecule has 0 saturated heterocycles. The zero-order valence-electron chi connectivity index (χ0n) is 9.19. The molecule has 1 heterocycles. The van der Waals surface area contributed by atoms with Crippen LogP contribution in [0, 0.1) is 13.8 Å². The molecular formula is C13H12O3. The van der Waals surface area contributed by atoms with Crippen LogP contribution in [-0.2, 0) is 0 Å². The lowest BCUT2D eigenvalue weighted by Gasteiger charge is -2.06. The van der Waals surface area contributed by atoms with E-state index in [1.165, 1.54) is 6.26 Å². The largest absolute Gasteiger partial charge is 0.434 e. The van der Waals surface area contributed by atoms with Gasteiger partial charge in [0.05, 0.1) is 11.8 Å². The van der Waals surface area contributed by atoms with E-state index in [2.05, 4.69) is 0 Å². The Morgan fingerprint density at radius 2 is 2.00 bits per heavy atom. The summed E-state index contributed by atoms with van der Waals surface area (Å²) in [5.41, 5.74) is 2.56. The van der Waals surface area contributed by atoms with Crippen LogP contribution in [0.25, 0.3) is 0 Å². The van der Waals surface area contributed by atoms with Gasteiger partial charge in [0.25, 0.3) is 5.95 Å². The molecule has 1 aromatic heterocycles. The van der Waals surface area contributed by atoms with E-state index in [1.54, 1.807) is 18.2 Å². The Morgan fingerprint density at radius 3 is 2.69 bits per heavy atom. The maximum Gasteiger partial charge on any atom is 0.346 e. The zero-order chi connectivity index (χ0) is 11.5. The van der Waals surface area contributed by atoms with E-state index in [9.17, 15) is 4.79 Å². The van der Waals surface area contributed by atoms with Crippen molar-refractivity contribution >= 4 is 5.97 Å². The van der Waals surface area contributed by atoms with Gasteiger partial charge in [0, 0.05) is 6.07 Å². The van der Waals surface area contributed by atoms with Crippen LogP contribution in [0.2, 0.25) is 0 Å². The minimum Gasteiger partial charge on any atom is -0.434 e. The van der Waals surface area contributed by atoms with Crippen molar-refractivity contribution in [3.63, 3.8) is 0 Å². The average molecular weight is 216 g/mol. The minimum absolute atomic E-state index is 0.214. The van der Waals surface area contributed by atoms with E-state index in [0.717, 1.165) is 11.1 Å². The summed E-state index contributed by atoms with van der Waals surface area (Å²) < 4.78 is 10.0. The summed E-state index contributed by atoms with van der Waals surface area (Å²) >= 11 is 0. The fraction of sp³-hybridized carbons (Fsp3) is 0.154. The van der Waals surface area contributed by atoms with Crippen molar-refractivity contribution in [2.75, 3.05) is 0 Å². The molecule has 0 N–H and O–H groups in total. The Labute approximate surface area is 93.7 Å². The topological polar surface area (TPSA) is 39.4 Å². The summed E-state index contributed by atoms with van der Waals surface area (Å²) in [5, 5.41) is 0. The molecule has 3 nitrogen and oxygen atoms in total. The van der Waals surface area contributed by atoms with Crippen LogP contribution < -0.4 is 4.74 Å². The molecule has 0 spiro atoms. The summed E-state index contributed by atoms with van der Waals surface area (Å²) in [6, 6.07) is 8.81. The summed E-state index contributed by atoms with van der Waals surface area (Å²) in [6.07, 6.45) is 1.46. The maximum absolute atomic E-state index is 11.8. The van der Waals surface area contributed by atoms with E-state index in [0.29, 0.717) is 5.56 Å². The van der Waals surface area contributed by atoms with Crippen molar-refractivity contribution in [2.24, 2.45) is 0 Å². The highest BCUT2D eigenvalue weighted by Gasteiger charge is 2.13. The maximum atomic E-state index is 11.8. The van der Waals surface area contributed by atoms with E-state index in [1.807, 2.05) is 26.0 Å². The van der Waals surface area contributed by atoms with Crippen molar-refractivity contribution in [3.05, 3.63) is 53.3 Å². The van der Waals surface area contributed by atoms with Crippen molar-refractivity contribution < 1.29 is 13.9 Å². The number of hydrogen-bond acceptors (Lipinski definition) is 3. The van der Waals surface area contributed by atoms with Crippen molar-refractivity contribution in [2.45, 2.75) is 13.8 Å². The van der Waals surface area contributed by atoms with Gasteiger partial charge in [-0.3, -0.25) is 0 Å². The molecule has 0 aliphatic carbocycles. The predicted molar refractivity (Wildman–Crippen MR) is 59.6 cm³/mol. The standard InChI is InChI=1S/C13H12O3/c1-9-5-3-6-11(10(9)2)13(14)16-12-7-4-8-15-12/h3-8H,1-2H3. The first-order valence-corrected chi connectivity index (χ1v) is 5.00. The Kier molecular flexibility index (Phi) is 2.77. The SMILES string of the molecule is Cc1cccc(C(=O)Oc2ccco2)c1C. The normalized spacial score (nSPS) is 10.1. The molecule has 0 amide bonds. The second-order valence-electron chi connectivity index (χ2n) is 3.57. The Morgan fingerprint density at radius 1 is 1.19 bits per heavy atom. The van der Waals surface area contributed by atoms with Gasteiger partial charge in [-0.1, -0.05) is 12.1 Å². The third-order valence-corrected chi connectivity index (χ3v) is 2.51. The third kappa shape index (κ3) is 1.98. The van der Waals surface area contributed by atoms with Crippen LogP contribution in [0.3, 0.4) is 0 Å². The van der Waals surface area contributed by atoms with Crippen LogP contribution in [0.4, 0.5) is 0 Å². The number of hydrogen-bond donors (Lipinski definition) is 0. The number of ether oxygens (including phenoxy) is 1. The number of carbonyl (C=O) groups excluding carboxylic acids is 1. The number of esters is 1. The lowest BCUT2D eigenvalue weighted by atomic mass is 10.0. The number of carbonyl (C=O) groups is 1. The molecule has 3 heteroatoms. The molecular weight excluding hydrogens is 204 g/mol. The molecule has 0 aliphatic rings. The van der Waals surface area contributed by atoms with Crippen LogP contribution in [0.1, 0.15) is 21.5 Å². The van der Waals surface area contributed by atoms with Gasteiger partial charge in [-0.05, 0) is 37.1 Å². The molecule has 82 valence electrons. The zero-order valence-corrected chi connectivity index (χ0v) is 9.19. The Bertz CT molecular complexity index is 498. The van der Waals surface area contributed by atoms with Gasteiger partial charge in [0.15, 0.2) is 0 Å². The van der Waals surface area contributed by atoms with Crippen LogP contribution in [0.15, 0.2) is 41.0 Å². The van der Waals surface area contributed by atoms with E-state index in [4.69, 9.17) is 9.15 Å². The molecule has 1 aromatic carbocycles. The fourth-order valence-corrected chi connectivity index (χ4v) is 1.44. The van der Waals surface area contributed by atoms with Crippen molar-refractivity contribution in [3.8, 4) is 5.95 Å². The van der Waals surface area contributed by atoms with Gasteiger partial charge in [0.2, 0.25) is 0 Å². The molecule has 2 rings (SSSR count). The number of aryl methyl sites for hydroxylation is 1. The highest BCUT2D eigenvalue weighted by molar-refractivity contribution is 5.92. The number of rotatable bonds is 2. The van der Waals surface area contributed by atoms with E-state index < -0.39 is 5.97 Å². The summed E-state index contributed by atoms with van der Waals surface area (Å²) in [7, 11) is 0. The van der Waals surface area contributed by atoms with Gasteiger partial charge in [-0.15, -0.1) is 0 Å². The van der Waals surface area contributed by atoms with Gasteiger partial charge >= 0.3 is 5.97 Å². The van der Waals surface area contributed by atoms with E-state index in [-0.39, 0.29) is 5.95 Å². The van der Waals surface area contributed by atoms with Gasteiger partial charge in [-0.25, -0.2) is 4.79 Å². The lowest BCUT2D eigenvalue weighted by Crippen LogP contribution is -2.10. The highest BCUT2D eigenvalue weighted by Crippen LogP contribution is 2.17. The van der Waals surface area contributed by atoms with E-state index >= 15 is 0 Å². The second kappa shape index (κ2) is 4.23. The average Bonchev–Trinajstić information content (AvgIpc) is 2.74. The van der Waals surface area contributed by atoms with Crippen LogP contribution in [0.5, 0.6) is 5.95 Å². The monoisotopic (exact) mass is 216 g/mol. The molecule has 0 unspecified atom stereocenters. The van der Waals surface area contributed by atoms with Crippen LogP contribution in [-0.4, -0.2) is 5.97 Å². The lowest BCUT2D eigenvalue weighted by molar-refractivity contribution is 0.0693. The molecule has 16 heavy (non-hydrogen) atoms. The minimum atomic E-state index is -0.392.